The molecule has 0 aliphatic rings. The molecule has 1 unspecified atom stereocenters. The molecule has 0 amide bonds. The van der Waals surface area contributed by atoms with Gasteiger partial charge in [0.2, 0.25) is 6.29 Å². The Kier molecular flexibility index (Phi) is 8.03. The molecule has 0 aliphatic carbocycles. The molecule has 1 atom stereocenters. The second-order valence-corrected chi connectivity index (χ2v) is 6.13. The first kappa shape index (κ1) is 21.8. The van der Waals surface area contributed by atoms with Gasteiger partial charge in [0.05, 0.1) is 5.56 Å². The van der Waals surface area contributed by atoms with Gasteiger partial charge in [-0.3, -0.25) is 0 Å². The van der Waals surface area contributed by atoms with Gasteiger partial charge in [0.25, 0.3) is 0 Å². The molecule has 0 aliphatic heterocycles. The van der Waals surface area contributed by atoms with E-state index in [4.69, 9.17) is 18.9 Å². The molecule has 0 saturated heterocycles. The molecule has 0 aromatic heterocycles. The van der Waals surface area contributed by atoms with Crippen LogP contribution in [0.2, 0.25) is 0 Å². The van der Waals surface area contributed by atoms with Crippen LogP contribution in [0.4, 0.5) is 0 Å². The van der Waals surface area contributed by atoms with Gasteiger partial charge in [-0.25, -0.2) is 9.59 Å². The lowest BCUT2D eigenvalue weighted by Crippen LogP contribution is -2.23. The quantitative estimate of drug-likeness (QED) is 0.191. The lowest BCUT2D eigenvalue weighted by molar-refractivity contribution is -0.159. The van der Waals surface area contributed by atoms with Crippen LogP contribution in [-0.4, -0.2) is 24.8 Å². The van der Waals surface area contributed by atoms with Crippen LogP contribution < -0.4 is 14.2 Å². The van der Waals surface area contributed by atoms with Crippen LogP contribution in [0.1, 0.15) is 30.6 Å². The van der Waals surface area contributed by atoms with Crippen LogP contribution in [0.5, 0.6) is 17.2 Å². The molecule has 29 heavy (non-hydrogen) atoms. The predicted molar refractivity (Wildman–Crippen MR) is 109 cm³/mol. The lowest BCUT2D eigenvalue weighted by Gasteiger charge is -2.18. The molecule has 2 rings (SSSR count). The normalized spacial score (nSPS) is 11.1. The van der Waals surface area contributed by atoms with E-state index in [1.54, 1.807) is 61.5 Å². The van der Waals surface area contributed by atoms with Crippen LogP contribution in [0, 0.1) is 0 Å². The first-order valence-electron chi connectivity index (χ1n) is 9.12. The number of rotatable bonds is 10. The SMILES string of the molecule is C=CCOc1ccc(C(=O)Oc2ccc(OC(CC)OC(=O)C(=C)C)cc2)cc1. The summed E-state index contributed by atoms with van der Waals surface area (Å²) in [4.78, 5) is 23.9. The molecule has 2 aromatic rings. The van der Waals surface area contributed by atoms with Crippen LogP contribution in [0.3, 0.4) is 0 Å². The summed E-state index contributed by atoms with van der Waals surface area (Å²) in [5.41, 5.74) is 0.698. The Bertz CT molecular complexity index is 852. The van der Waals surface area contributed by atoms with E-state index in [-0.39, 0.29) is 0 Å². The highest BCUT2D eigenvalue weighted by Gasteiger charge is 2.15. The van der Waals surface area contributed by atoms with Crippen molar-refractivity contribution in [3.05, 3.63) is 78.9 Å². The third-order valence-corrected chi connectivity index (χ3v) is 3.68. The van der Waals surface area contributed by atoms with E-state index in [1.165, 1.54) is 0 Å². The Morgan fingerprint density at radius 1 is 1.00 bits per heavy atom. The fourth-order valence-electron chi connectivity index (χ4n) is 2.16. The van der Waals surface area contributed by atoms with Gasteiger partial charge in [-0.15, -0.1) is 0 Å². The maximum absolute atomic E-state index is 12.3. The van der Waals surface area contributed by atoms with Gasteiger partial charge in [-0.05, 0) is 55.5 Å². The van der Waals surface area contributed by atoms with Crippen molar-refractivity contribution in [2.24, 2.45) is 0 Å². The van der Waals surface area contributed by atoms with Crippen LogP contribution >= 0.6 is 0 Å². The first-order valence-corrected chi connectivity index (χ1v) is 9.12. The monoisotopic (exact) mass is 396 g/mol. The van der Waals surface area contributed by atoms with Crippen molar-refractivity contribution in [1.82, 2.24) is 0 Å². The summed E-state index contributed by atoms with van der Waals surface area (Å²) in [6.07, 6.45) is 1.39. The number of ether oxygens (including phenoxy) is 4. The zero-order valence-electron chi connectivity index (χ0n) is 16.6. The van der Waals surface area contributed by atoms with Crippen LogP contribution in [0.25, 0.3) is 0 Å². The number of benzene rings is 2. The topological polar surface area (TPSA) is 71.1 Å². The summed E-state index contributed by atoms with van der Waals surface area (Å²) < 4.78 is 21.6. The van der Waals surface area contributed by atoms with E-state index in [0.717, 1.165) is 0 Å². The van der Waals surface area contributed by atoms with E-state index in [2.05, 4.69) is 13.2 Å². The van der Waals surface area contributed by atoms with Gasteiger partial charge in [0.1, 0.15) is 23.9 Å². The van der Waals surface area contributed by atoms with Gasteiger partial charge >= 0.3 is 11.9 Å². The van der Waals surface area contributed by atoms with Crippen LogP contribution in [0.15, 0.2) is 73.3 Å². The molecule has 0 N–H and O–H groups in total. The van der Waals surface area contributed by atoms with E-state index in [0.29, 0.717) is 41.4 Å². The van der Waals surface area contributed by atoms with Gasteiger partial charge in [0, 0.05) is 12.0 Å². The zero-order chi connectivity index (χ0) is 21.2. The van der Waals surface area contributed by atoms with Gasteiger partial charge in [0.15, 0.2) is 0 Å². The van der Waals surface area contributed by atoms with E-state index >= 15 is 0 Å². The minimum atomic E-state index is -0.727. The molecule has 2 aromatic carbocycles. The summed E-state index contributed by atoms with van der Waals surface area (Å²) >= 11 is 0. The van der Waals surface area contributed by atoms with Crippen molar-refractivity contribution in [2.45, 2.75) is 26.6 Å². The Morgan fingerprint density at radius 3 is 2.14 bits per heavy atom. The second kappa shape index (κ2) is 10.7. The molecular formula is C23H24O6. The summed E-state index contributed by atoms with van der Waals surface area (Å²) in [7, 11) is 0. The minimum Gasteiger partial charge on any atom is -0.490 e. The van der Waals surface area contributed by atoms with E-state index in [9.17, 15) is 9.59 Å². The fraction of sp³-hybridized carbons (Fsp3) is 0.217. The van der Waals surface area contributed by atoms with Crippen molar-refractivity contribution in [2.75, 3.05) is 6.61 Å². The first-order chi connectivity index (χ1) is 13.9. The number of hydrogen-bond donors (Lipinski definition) is 0. The third kappa shape index (κ3) is 6.84. The highest BCUT2D eigenvalue weighted by molar-refractivity contribution is 5.91. The summed E-state index contributed by atoms with van der Waals surface area (Å²) in [6.45, 7) is 10.9. The van der Waals surface area contributed by atoms with Crippen LogP contribution in [-0.2, 0) is 9.53 Å². The Balaban J connectivity index is 1.94. The van der Waals surface area contributed by atoms with Gasteiger partial charge < -0.3 is 18.9 Å². The Labute approximate surface area is 170 Å². The molecule has 0 heterocycles. The highest BCUT2D eigenvalue weighted by Crippen LogP contribution is 2.21. The minimum absolute atomic E-state index is 0.301. The molecule has 0 radical (unpaired) electrons. The number of carbonyl (C=O) groups is 2. The van der Waals surface area contributed by atoms with Crippen molar-refractivity contribution >= 4 is 11.9 Å². The van der Waals surface area contributed by atoms with Crippen molar-refractivity contribution in [3.63, 3.8) is 0 Å². The summed E-state index contributed by atoms with van der Waals surface area (Å²) in [5, 5.41) is 0. The average Bonchev–Trinajstić information content (AvgIpc) is 2.73. The van der Waals surface area contributed by atoms with E-state index < -0.39 is 18.2 Å². The third-order valence-electron chi connectivity index (χ3n) is 3.68. The molecule has 0 bridgehead atoms. The van der Waals surface area contributed by atoms with Gasteiger partial charge in [-0.1, -0.05) is 26.2 Å². The zero-order valence-corrected chi connectivity index (χ0v) is 16.6. The molecule has 0 saturated carbocycles. The highest BCUT2D eigenvalue weighted by atomic mass is 16.7. The Morgan fingerprint density at radius 2 is 1.59 bits per heavy atom. The number of hydrogen-bond acceptors (Lipinski definition) is 6. The standard InChI is InChI=1S/C23H24O6/c1-5-15-26-18-9-7-17(8-10-18)23(25)28-20-13-11-19(12-14-20)27-21(6-2)29-22(24)16(3)4/h5,7-14,21H,1,3,6,15H2,2,4H3. The molecule has 6 heteroatoms. The summed E-state index contributed by atoms with van der Waals surface area (Å²) in [6, 6.07) is 13.1. The smallest absolute Gasteiger partial charge is 0.343 e. The Hall–Kier alpha value is -3.54. The lowest BCUT2D eigenvalue weighted by atomic mass is 10.2. The fourth-order valence-corrected chi connectivity index (χ4v) is 2.16. The number of carbonyl (C=O) groups excluding carboxylic acids is 2. The second-order valence-electron chi connectivity index (χ2n) is 6.13. The molecule has 152 valence electrons. The maximum Gasteiger partial charge on any atom is 0.343 e. The van der Waals surface area contributed by atoms with Crippen molar-refractivity contribution in [3.8, 4) is 17.2 Å². The molecular weight excluding hydrogens is 372 g/mol. The summed E-state index contributed by atoms with van der Waals surface area (Å²) in [5.74, 6) is 0.482. The largest absolute Gasteiger partial charge is 0.490 e. The van der Waals surface area contributed by atoms with Crippen molar-refractivity contribution in [1.29, 1.82) is 0 Å². The molecule has 0 spiro atoms. The van der Waals surface area contributed by atoms with Crippen molar-refractivity contribution < 1.29 is 28.5 Å². The number of esters is 2. The van der Waals surface area contributed by atoms with Gasteiger partial charge in [-0.2, -0.15) is 0 Å². The maximum atomic E-state index is 12.3. The molecule has 0 fully saturated rings. The molecule has 6 nitrogen and oxygen atoms in total. The average molecular weight is 396 g/mol. The van der Waals surface area contributed by atoms with E-state index in [1.807, 2.05) is 6.92 Å². The predicted octanol–water partition coefficient (Wildman–Crippen LogP) is 4.70.